The SMILES string of the molecule is Cc1cc(C(=O)CSc2nnc(-c3ccc(Cl)cc3Cl)n2C2CCCCC2)c(C)n1C. The third kappa shape index (κ3) is 4.57. The number of carbonyl (C=O) groups excluding carboxylic acids is 1. The van der Waals surface area contributed by atoms with Gasteiger partial charge in [-0.25, -0.2) is 0 Å². The van der Waals surface area contributed by atoms with Gasteiger partial charge in [-0.05, 0) is 51.0 Å². The van der Waals surface area contributed by atoms with Crippen molar-refractivity contribution in [1.29, 1.82) is 0 Å². The van der Waals surface area contributed by atoms with Crippen LogP contribution in [0.25, 0.3) is 11.4 Å². The number of aryl methyl sites for hydroxylation is 1. The molecule has 1 aliphatic rings. The minimum absolute atomic E-state index is 0.107. The zero-order valence-electron chi connectivity index (χ0n) is 18.0. The average molecular weight is 477 g/mol. The molecule has 0 bridgehead atoms. The van der Waals surface area contributed by atoms with Crippen LogP contribution in [0.1, 0.15) is 59.9 Å². The van der Waals surface area contributed by atoms with E-state index in [0.717, 1.165) is 46.3 Å². The molecule has 1 saturated carbocycles. The van der Waals surface area contributed by atoms with E-state index < -0.39 is 0 Å². The maximum Gasteiger partial charge on any atom is 0.192 e. The van der Waals surface area contributed by atoms with Gasteiger partial charge in [-0.1, -0.05) is 54.2 Å². The second kappa shape index (κ2) is 9.39. The van der Waals surface area contributed by atoms with Crippen molar-refractivity contribution >= 4 is 40.7 Å². The molecule has 1 fully saturated rings. The molecule has 1 aliphatic carbocycles. The smallest absolute Gasteiger partial charge is 0.192 e. The van der Waals surface area contributed by atoms with E-state index >= 15 is 0 Å². The lowest BCUT2D eigenvalue weighted by Gasteiger charge is -2.25. The summed E-state index contributed by atoms with van der Waals surface area (Å²) in [5.74, 6) is 1.18. The van der Waals surface area contributed by atoms with Gasteiger partial charge in [-0.3, -0.25) is 9.36 Å². The number of halogens is 2. The largest absolute Gasteiger partial charge is 0.351 e. The molecule has 0 saturated heterocycles. The highest BCUT2D eigenvalue weighted by molar-refractivity contribution is 7.99. The Morgan fingerprint density at radius 1 is 1.13 bits per heavy atom. The van der Waals surface area contributed by atoms with Crippen LogP contribution >= 0.6 is 35.0 Å². The maximum absolute atomic E-state index is 12.9. The van der Waals surface area contributed by atoms with Crippen molar-refractivity contribution in [1.82, 2.24) is 19.3 Å². The van der Waals surface area contributed by atoms with Gasteiger partial charge in [0.1, 0.15) is 0 Å². The number of thioether (sulfide) groups is 1. The van der Waals surface area contributed by atoms with Gasteiger partial charge in [0.15, 0.2) is 16.8 Å². The maximum atomic E-state index is 12.9. The van der Waals surface area contributed by atoms with Crippen LogP contribution in [0, 0.1) is 13.8 Å². The van der Waals surface area contributed by atoms with Gasteiger partial charge >= 0.3 is 0 Å². The van der Waals surface area contributed by atoms with Crippen LogP contribution in [0.15, 0.2) is 29.4 Å². The summed E-state index contributed by atoms with van der Waals surface area (Å²) >= 11 is 14.0. The summed E-state index contributed by atoms with van der Waals surface area (Å²) in [4.78, 5) is 12.9. The molecular weight excluding hydrogens is 451 g/mol. The van der Waals surface area contributed by atoms with Gasteiger partial charge in [0.2, 0.25) is 0 Å². The molecule has 0 spiro atoms. The van der Waals surface area contributed by atoms with E-state index in [4.69, 9.17) is 23.2 Å². The number of Topliss-reactive ketones (excluding diaryl/α,β-unsaturated/α-hetero) is 1. The van der Waals surface area contributed by atoms with Gasteiger partial charge in [0.05, 0.1) is 10.8 Å². The highest BCUT2D eigenvalue weighted by atomic mass is 35.5. The number of benzene rings is 1. The predicted octanol–water partition coefficient (Wildman–Crippen LogP) is 6.69. The lowest BCUT2D eigenvalue weighted by Crippen LogP contribution is -2.16. The Morgan fingerprint density at radius 2 is 1.87 bits per heavy atom. The Kier molecular flexibility index (Phi) is 6.80. The summed E-state index contributed by atoms with van der Waals surface area (Å²) in [5, 5.41) is 10.9. The highest BCUT2D eigenvalue weighted by Gasteiger charge is 2.26. The Morgan fingerprint density at radius 3 is 2.52 bits per heavy atom. The van der Waals surface area contributed by atoms with Gasteiger partial charge in [-0.2, -0.15) is 0 Å². The second-order valence-electron chi connectivity index (χ2n) is 8.15. The first-order chi connectivity index (χ1) is 14.9. The minimum atomic E-state index is 0.107. The molecule has 5 nitrogen and oxygen atoms in total. The molecule has 2 heterocycles. The minimum Gasteiger partial charge on any atom is -0.351 e. The molecule has 8 heteroatoms. The van der Waals surface area contributed by atoms with E-state index in [0.29, 0.717) is 21.8 Å². The number of hydrogen-bond donors (Lipinski definition) is 0. The highest BCUT2D eigenvalue weighted by Crippen LogP contribution is 2.38. The number of rotatable bonds is 6. The van der Waals surface area contributed by atoms with Crippen molar-refractivity contribution in [2.45, 2.75) is 57.1 Å². The topological polar surface area (TPSA) is 52.7 Å². The quantitative estimate of drug-likeness (QED) is 0.293. The number of hydrogen-bond acceptors (Lipinski definition) is 4. The summed E-state index contributed by atoms with van der Waals surface area (Å²) in [7, 11) is 1.98. The Labute approximate surface area is 197 Å². The molecule has 0 unspecified atom stereocenters. The van der Waals surface area contributed by atoms with Crippen molar-refractivity contribution in [2.75, 3.05) is 5.75 Å². The first-order valence-corrected chi connectivity index (χ1v) is 12.3. The number of aromatic nitrogens is 4. The molecule has 2 aromatic heterocycles. The van der Waals surface area contributed by atoms with Gasteiger partial charge in [-0.15, -0.1) is 10.2 Å². The fraction of sp³-hybridized carbons (Fsp3) is 0.435. The third-order valence-electron chi connectivity index (χ3n) is 6.18. The van der Waals surface area contributed by atoms with Crippen LogP contribution in [0.4, 0.5) is 0 Å². The van der Waals surface area contributed by atoms with E-state index in [9.17, 15) is 4.79 Å². The summed E-state index contributed by atoms with van der Waals surface area (Å²) in [5.41, 5.74) is 3.66. The van der Waals surface area contributed by atoms with Gasteiger partial charge < -0.3 is 4.57 Å². The van der Waals surface area contributed by atoms with Crippen LogP contribution in [0.3, 0.4) is 0 Å². The lowest BCUT2D eigenvalue weighted by molar-refractivity contribution is 0.102. The van der Waals surface area contributed by atoms with E-state index in [2.05, 4.69) is 14.8 Å². The molecule has 0 atom stereocenters. The summed E-state index contributed by atoms with van der Waals surface area (Å²) in [6.45, 7) is 3.99. The molecule has 0 amide bonds. The van der Waals surface area contributed by atoms with Crippen LogP contribution in [-0.4, -0.2) is 30.9 Å². The molecule has 164 valence electrons. The van der Waals surface area contributed by atoms with Crippen LogP contribution < -0.4 is 0 Å². The van der Waals surface area contributed by atoms with Crippen LogP contribution in [0.5, 0.6) is 0 Å². The van der Waals surface area contributed by atoms with Crippen LogP contribution in [0.2, 0.25) is 10.0 Å². The van der Waals surface area contributed by atoms with Crippen molar-refractivity contribution in [3.8, 4) is 11.4 Å². The molecule has 3 aromatic rings. The molecule has 1 aromatic carbocycles. The van der Waals surface area contributed by atoms with E-state index in [1.807, 2.05) is 43.7 Å². The van der Waals surface area contributed by atoms with Gasteiger partial charge in [0, 0.05) is 40.6 Å². The number of ketones is 1. The van der Waals surface area contributed by atoms with E-state index in [1.165, 1.54) is 31.0 Å². The van der Waals surface area contributed by atoms with Crippen molar-refractivity contribution < 1.29 is 4.79 Å². The molecule has 0 N–H and O–H groups in total. The molecule has 31 heavy (non-hydrogen) atoms. The third-order valence-corrected chi connectivity index (χ3v) is 7.68. The normalized spacial score (nSPS) is 14.9. The summed E-state index contributed by atoms with van der Waals surface area (Å²) < 4.78 is 4.23. The fourth-order valence-corrected chi connectivity index (χ4v) is 5.63. The zero-order valence-corrected chi connectivity index (χ0v) is 20.3. The number of carbonyl (C=O) groups is 1. The van der Waals surface area contributed by atoms with Gasteiger partial charge in [0.25, 0.3) is 0 Å². The van der Waals surface area contributed by atoms with Crippen molar-refractivity contribution in [2.24, 2.45) is 7.05 Å². The molecule has 4 rings (SSSR count). The second-order valence-corrected chi connectivity index (χ2v) is 9.93. The van der Waals surface area contributed by atoms with E-state index in [1.54, 1.807) is 6.07 Å². The molecule has 0 radical (unpaired) electrons. The van der Waals surface area contributed by atoms with E-state index in [-0.39, 0.29) is 5.78 Å². The molecular formula is C23H26Cl2N4OS. The monoisotopic (exact) mass is 476 g/mol. The van der Waals surface area contributed by atoms with Crippen LogP contribution in [-0.2, 0) is 7.05 Å². The van der Waals surface area contributed by atoms with Crippen molar-refractivity contribution in [3.05, 3.63) is 51.3 Å². The zero-order chi connectivity index (χ0) is 22.1. The predicted molar refractivity (Wildman–Crippen MR) is 128 cm³/mol. The summed E-state index contributed by atoms with van der Waals surface area (Å²) in [6, 6.07) is 7.71. The Hall–Kier alpha value is -1.76. The standard InChI is InChI=1S/C23H26Cl2N4OS/c1-14-11-19(15(2)28(14)3)21(30)13-31-23-27-26-22(18-10-9-16(24)12-20(18)25)29(23)17-7-5-4-6-8-17/h9-12,17H,4-8,13H2,1-3H3. The number of nitrogens with zero attached hydrogens (tertiary/aromatic N) is 4. The summed E-state index contributed by atoms with van der Waals surface area (Å²) in [6.07, 6.45) is 5.77. The Bertz CT molecular complexity index is 1120. The Balaban J connectivity index is 1.65. The fourth-order valence-electron chi connectivity index (χ4n) is 4.24. The lowest BCUT2D eigenvalue weighted by atomic mass is 9.95. The molecule has 0 aliphatic heterocycles. The first-order valence-electron chi connectivity index (χ1n) is 10.6. The first kappa shape index (κ1) is 22.4. The van der Waals surface area contributed by atoms with Crippen molar-refractivity contribution in [3.63, 3.8) is 0 Å². The average Bonchev–Trinajstić information content (AvgIpc) is 3.29.